The average molecular weight is 535 g/mol. The minimum Gasteiger partial charge on any atom is -0.394 e. The van der Waals surface area contributed by atoms with Crippen molar-refractivity contribution in [3.05, 3.63) is 45.5 Å². The minimum absolute atomic E-state index is 0.138. The number of rotatable bonds is 4. The van der Waals surface area contributed by atoms with Gasteiger partial charge in [-0.15, -0.1) is 0 Å². The van der Waals surface area contributed by atoms with Crippen molar-refractivity contribution in [1.29, 1.82) is 0 Å². The third-order valence-corrected chi connectivity index (χ3v) is 5.09. The Balaban J connectivity index is 0.000000221. The van der Waals surface area contributed by atoms with Crippen LogP contribution < -0.4 is 28.4 Å². The third-order valence-electron chi connectivity index (χ3n) is 5.09. The number of ether oxygens (including phenoxy) is 2. The molecule has 12 N–H and O–H groups in total. The van der Waals surface area contributed by atoms with E-state index in [0.29, 0.717) is 0 Å². The van der Waals surface area contributed by atoms with Crippen molar-refractivity contribution in [2.45, 2.75) is 49.7 Å². The van der Waals surface area contributed by atoms with E-state index in [1.165, 1.54) is 33.7 Å². The monoisotopic (exact) mass is 535 g/mol. The Morgan fingerprint density at radius 1 is 0.861 bits per heavy atom. The number of nitrogens with zero attached hydrogens (tertiary/aromatic N) is 4. The lowest BCUT2D eigenvalue weighted by Gasteiger charge is -2.13. The van der Waals surface area contributed by atoms with Crippen molar-refractivity contribution in [1.82, 2.24) is 19.1 Å². The summed E-state index contributed by atoms with van der Waals surface area (Å²) in [5, 5.41) is 36.9. The smallest absolute Gasteiger partial charge is 0.351 e. The predicted octanol–water partition coefficient (Wildman–Crippen LogP) is -3.91. The molecule has 6 atom stereocenters. The summed E-state index contributed by atoms with van der Waals surface area (Å²) < 4.78 is 13.1. The van der Waals surface area contributed by atoms with Crippen molar-refractivity contribution in [2.75, 3.05) is 24.7 Å². The van der Waals surface area contributed by atoms with Crippen LogP contribution in [-0.2, 0) is 9.47 Å². The molecule has 2 aliphatic rings. The van der Waals surface area contributed by atoms with E-state index in [1.54, 1.807) is 0 Å². The van der Waals surface area contributed by atoms with Crippen LogP contribution in [0.4, 0.5) is 11.6 Å². The summed E-state index contributed by atoms with van der Waals surface area (Å²) in [6.45, 7) is -0.566. The number of nitrogens with two attached hydrogens (primary N) is 3. The summed E-state index contributed by atoms with van der Waals surface area (Å²) in [7, 11) is -2.12. The number of aliphatic hydroxyl groups is 4. The maximum absolute atomic E-state index is 11.5. The highest BCUT2D eigenvalue weighted by Crippen LogP contribution is 2.28. The highest BCUT2D eigenvalue weighted by molar-refractivity contribution is 7.42. The van der Waals surface area contributed by atoms with Crippen LogP contribution >= 0.6 is 8.53 Å². The van der Waals surface area contributed by atoms with Gasteiger partial charge in [-0.25, -0.2) is 9.59 Å². The van der Waals surface area contributed by atoms with Gasteiger partial charge >= 0.3 is 11.4 Å². The fourth-order valence-electron chi connectivity index (χ4n) is 3.39. The molecule has 202 valence electrons. The molecule has 0 radical (unpaired) electrons. The lowest BCUT2D eigenvalue weighted by Crippen LogP contribution is -2.27. The molecule has 0 spiro atoms. The van der Waals surface area contributed by atoms with Crippen LogP contribution in [0.3, 0.4) is 0 Å². The zero-order valence-corrected chi connectivity index (χ0v) is 19.8. The molecule has 2 aromatic heterocycles. The van der Waals surface area contributed by atoms with E-state index in [-0.39, 0.29) is 37.7 Å². The van der Waals surface area contributed by atoms with Gasteiger partial charge in [-0.05, 0) is 12.1 Å². The highest BCUT2D eigenvalue weighted by atomic mass is 31.2. The maximum atomic E-state index is 11.5. The third kappa shape index (κ3) is 8.24. The van der Waals surface area contributed by atoms with E-state index in [0.717, 1.165) is 0 Å². The zero-order chi connectivity index (χ0) is 27.0. The second kappa shape index (κ2) is 13.7. The van der Waals surface area contributed by atoms with E-state index in [9.17, 15) is 19.8 Å². The molecule has 0 unspecified atom stereocenters. The van der Waals surface area contributed by atoms with Gasteiger partial charge in [0.05, 0.1) is 25.4 Å². The summed E-state index contributed by atoms with van der Waals surface area (Å²) >= 11 is 0. The molecule has 0 amide bonds. The molecule has 17 nitrogen and oxygen atoms in total. The Kier molecular flexibility index (Phi) is 11.3. The fourth-order valence-corrected chi connectivity index (χ4v) is 3.39. The molecule has 18 heteroatoms. The van der Waals surface area contributed by atoms with Gasteiger partial charge in [0.1, 0.15) is 36.3 Å². The Bertz CT molecular complexity index is 1000. The Morgan fingerprint density at radius 3 is 1.44 bits per heavy atom. The molecule has 2 aliphatic heterocycles. The van der Waals surface area contributed by atoms with Crippen LogP contribution in [0, 0.1) is 0 Å². The molecule has 0 bridgehead atoms. The van der Waals surface area contributed by atoms with E-state index >= 15 is 0 Å². The van der Waals surface area contributed by atoms with Crippen LogP contribution in [0.2, 0.25) is 0 Å². The molecule has 2 saturated heterocycles. The van der Waals surface area contributed by atoms with Crippen LogP contribution in [-0.4, -0.2) is 86.9 Å². The van der Waals surface area contributed by atoms with E-state index in [4.69, 9.17) is 40.9 Å². The Labute approximate surface area is 205 Å². The van der Waals surface area contributed by atoms with E-state index < -0.39 is 56.8 Å². The van der Waals surface area contributed by atoms with Crippen LogP contribution in [0.1, 0.15) is 25.3 Å². The first-order valence-electron chi connectivity index (χ1n) is 10.5. The molecule has 0 aliphatic carbocycles. The molecule has 4 heterocycles. The Morgan fingerprint density at radius 2 is 1.19 bits per heavy atom. The van der Waals surface area contributed by atoms with Crippen molar-refractivity contribution >= 4 is 20.2 Å². The van der Waals surface area contributed by atoms with Gasteiger partial charge in [0.15, 0.2) is 0 Å². The molecule has 0 saturated carbocycles. The number of nitrogen functional groups attached to an aromatic ring is 2. The van der Waals surface area contributed by atoms with Gasteiger partial charge in [0.25, 0.3) is 0 Å². The quantitative estimate of drug-likeness (QED) is 0.169. The summed E-state index contributed by atoms with van der Waals surface area (Å²) in [4.78, 5) is 45.0. The van der Waals surface area contributed by atoms with Crippen LogP contribution in [0.15, 0.2) is 34.1 Å². The molecule has 2 fully saturated rings. The van der Waals surface area contributed by atoms with E-state index in [1.807, 2.05) is 0 Å². The summed E-state index contributed by atoms with van der Waals surface area (Å²) in [5.74, 6) is 0.275. The first kappa shape index (κ1) is 29.7. The zero-order valence-electron chi connectivity index (χ0n) is 18.9. The van der Waals surface area contributed by atoms with Gasteiger partial charge in [-0.1, -0.05) is 0 Å². The van der Waals surface area contributed by atoms with Gasteiger partial charge in [-0.3, -0.25) is 14.6 Å². The SMILES string of the molecule is NP(O)O.Nc1ccn([C@H]2C[C@H](O)[C@@H](CO)O2)c(=O)n1.Nc1ccn([C@H]2C[C@H](O)[C@@H](CO)O2)c(=O)n1. The summed E-state index contributed by atoms with van der Waals surface area (Å²) in [6.07, 6.45) is -0.666. The first-order valence-corrected chi connectivity index (χ1v) is 11.8. The standard InChI is InChI=1S/2C9H13N3O4.H4NO2P/c2*10-7-1-2-12(9(15)11-7)8-3-5(14)6(4-13)16-8;1-4(2)3/h2*1-2,5-6,8,13-14H,3-4H2,(H2,10,11,15);2-3H,1H2/t2*5-,6+,8+;/m00./s1. The predicted molar refractivity (Wildman–Crippen MR) is 125 cm³/mol. The second-order valence-electron chi connectivity index (χ2n) is 7.63. The van der Waals surface area contributed by atoms with Crippen molar-refractivity contribution in [2.24, 2.45) is 5.50 Å². The summed E-state index contributed by atoms with van der Waals surface area (Å²) in [5.41, 5.74) is 13.9. The van der Waals surface area contributed by atoms with Crippen molar-refractivity contribution in [3.63, 3.8) is 0 Å². The lowest BCUT2D eigenvalue weighted by molar-refractivity contribution is -0.0458. The number of aliphatic hydroxyl groups excluding tert-OH is 4. The summed E-state index contributed by atoms with van der Waals surface area (Å²) in [6, 6.07) is 2.95. The first-order chi connectivity index (χ1) is 17.0. The van der Waals surface area contributed by atoms with Gasteiger partial charge in [-0.2, -0.15) is 9.97 Å². The number of anilines is 2. The normalized spacial score (nSPS) is 27.2. The van der Waals surface area contributed by atoms with Gasteiger partial charge in [0, 0.05) is 25.2 Å². The maximum Gasteiger partial charge on any atom is 0.351 e. The molecule has 0 aromatic carbocycles. The number of hydrogen-bond donors (Lipinski definition) is 9. The van der Waals surface area contributed by atoms with Gasteiger partial charge in [0.2, 0.25) is 8.53 Å². The molecule has 4 rings (SSSR count). The molecule has 36 heavy (non-hydrogen) atoms. The minimum atomic E-state index is -2.12. The van der Waals surface area contributed by atoms with Crippen LogP contribution in [0.5, 0.6) is 0 Å². The largest absolute Gasteiger partial charge is 0.394 e. The second-order valence-corrected chi connectivity index (χ2v) is 8.28. The average Bonchev–Trinajstić information content (AvgIpc) is 3.35. The lowest BCUT2D eigenvalue weighted by atomic mass is 10.2. The molecule has 2 aromatic rings. The van der Waals surface area contributed by atoms with E-state index in [2.05, 4.69) is 15.5 Å². The highest BCUT2D eigenvalue weighted by Gasteiger charge is 2.35. The van der Waals surface area contributed by atoms with Crippen LogP contribution in [0.25, 0.3) is 0 Å². The number of aromatic nitrogens is 4. The molecular formula is C18H30N7O10P. The van der Waals surface area contributed by atoms with Crippen molar-refractivity contribution in [3.8, 4) is 0 Å². The van der Waals surface area contributed by atoms with Gasteiger partial charge < -0.3 is 51.2 Å². The molecular weight excluding hydrogens is 505 g/mol. The topological polar surface area (TPSA) is 288 Å². The fraction of sp³-hybridized carbons (Fsp3) is 0.556. The van der Waals surface area contributed by atoms with Crippen molar-refractivity contribution < 1.29 is 39.7 Å². The Hall–Kier alpha value is -2.57. The number of hydrogen-bond acceptors (Lipinski definition) is 15.